The Morgan fingerprint density at radius 2 is 1.71 bits per heavy atom. The summed E-state index contributed by atoms with van der Waals surface area (Å²) in [6, 6.07) is 16.2. The highest BCUT2D eigenvalue weighted by Crippen LogP contribution is 2.41. The molecule has 2 aliphatic rings. The molecule has 4 rings (SSSR count). The van der Waals surface area contributed by atoms with E-state index in [1.807, 2.05) is 12.1 Å². The van der Waals surface area contributed by atoms with Crippen LogP contribution in [0.5, 0.6) is 11.5 Å². The third kappa shape index (κ3) is 5.80. The lowest BCUT2D eigenvalue weighted by Crippen LogP contribution is -2.31. The lowest BCUT2D eigenvalue weighted by molar-refractivity contribution is 0.195. The zero-order valence-corrected chi connectivity index (χ0v) is 18.7. The van der Waals surface area contributed by atoms with Gasteiger partial charge in [0.1, 0.15) is 18.1 Å². The van der Waals surface area contributed by atoms with Gasteiger partial charge in [0.15, 0.2) is 0 Å². The van der Waals surface area contributed by atoms with E-state index in [-0.39, 0.29) is 0 Å². The summed E-state index contributed by atoms with van der Waals surface area (Å²) in [4.78, 5) is 2.55. The molecule has 1 aliphatic heterocycles. The largest absolute Gasteiger partial charge is 0.508 e. The molecule has 1 aliphatic carbocycles. The monoisotopic (exact) mass is 417 g/mol. The summed E-state index contributed by atoms with van der Waals surface area (Å²) in [6.07, 6.45) is 12.2. The molecule has 0 radical (unpaired) electrons. The molecule has 3 heteroatoms. The second-order valence-corrected chi connectivity index (χ2v) is 8.86. The van der Waals surface area contributed by atoms with E-state index in [0.717, 1.165) is 30.9 Å². The van der Waals surface area contributed by atoms with E-state index in [9.17, 15) is 5.11 Å². The van der Waals surface area contributed by atoms with E-state index in [4.69, 9.17) is 4.74 Å². The highest BCUT2D eigenvalue weighted by atomic mass is 16.5. The number of hydrogen-bond donors (Lipinski definition) is 1. The van der Waals surface area contributed by atoms with Gasteiger partial charge in [0.25, 0.3) is 0 Å². The Kier molecular flexibility index (Phi) is 7.48. The first kappa shape index (κ1) is 21.7. The van der Waals surface area contributed by atoms with Crippen molar-refractivity contribution in [3.05, 3.63) is 77.4 Å². The topological polar surface area (TPSA) is 32.7 Å². The number of allylic oxidation sites excluding steroid dienone is 4. The molecular formula is C28H35NO2. The number of nitrogens with zero attached hydrogens (tertiary/aromatic N) is 1. The van der Waals surface area contributed by atoms with Gasteiger partial charge in [-0.1, -0.05) is 55.7 Å². The van der Waals surface area contributed by atoms with Crippen LogP contribution in [-0.2, 0) is 0 Å². The van der Waals surface area contributed by atoms with Crippen LogP contribution in [0.15, 0.2) is 66.3 Å². The molecule has 1 atom stereocenters. The molecule has 2 aromatic carbocycles. The Labute approximate surface area is 187 Å². The van der Waals surface area contributed by atoms with Crippen molar-refractivity contribution in [2.24, 2.45) is 0 Å². The zero-order valence-electron chi connectivity index (χ0n) is 18.7. The average molecular weight is 418 g/mol. The zero-order chi connectivity index (χ0) is 21.5. The molecule has 1 fully saturated rings. The van der Waals surface area contributed by atoms with Crippen molar-refractivity contribution in [3.63, 3.8) is 0 Å². The molecule has 0 saturated carbocycles. The van der Waals surface area contributed by atoms with Crippen molar-refractivity contribution in [1.29, 1.82) is 0 Å². The average Bonchev–Trinajstić information content (AvgIpc) is 2.75. The third-order valence-corrected chi connectivity index (χ3v) is 6.58. The lowest BCUT2D eigenvalue weighted by atomic mass is 9.79. The summed E-state index contributed by atoms with van der Waals surface area (Å²) in [5.74, 6) is 1.55. The van der Waals surface area contributed by atoms with Crippen LogP contribution in [-0.4, -0.2) is 36.2 Å². The van der Waals surface area contributed by atoms with Gasteiger partial charge < -0.3 is 9.84 Å². The Hall–Kier alpha value is -2.52. The molecule has 0 amide bonds. The predicted molar refractivity (Wildman–Crippen MR) is 129 cm³/mol. The number of phenols is 1. The maximum Gasteiger partial charge on any atom is 0.119 e. The predicted octanol–water partition coefficient (Wildman–Crippen LogP) is 6.55. The minimum Gasteiger partial charge on any atom is -0.508 e. The fourth-order valence-corrected chi connectivity index (χ4v) is 4.89. The van der Waals surface area contributed by atoms with Crippen molar-refractivity contribution < 1.29 is 9.84 Å². The van der Waals surface area contributed by atoms with Crippen LogP contribution in [0.2, 0.25) is 0 Å². The lowest BCUT2D eigenvalue weighted by Gasteiger charge is -2.26. The van der Waals surface area contributed by atoms with Crippen LogP contribution < -0.4 is 4.74 Å². The molecule has 3 nitrogen and oxygen atoms in total. The third-order valence-electron chi connectivity index (χ3n) is 6.58. The standard InChI is InChI=1S/C28H35NO2/c1-22-9-7-12-27(28(22)24-10-8-11-25(30)21-24)23-13-15-26(16-14-23)31-20-19-29-17-5-3-2-4-6-18-29/h7-11,13-16,21,27,30H,2-6,12,17-20H2,1H3. The van der Waals surface area contributed by atoms with E-state index in [2.05, 4.69) is 54.3 Å². The summed E-state index contributed by atoms with van der Waals surface area (Å²) in [6.45, 7) is 6.34. The number of ether oxygens (including phenoxy) is 1. The minimum absolute atomic E-state index is 0.293. The Bertz CT molecular complexity index is 905. The number of hydrogen-bond acceptors (Lipinski definition) is 3. The van der Waals surface area contributed by atoms with Gasteiger partial charge in [-0.2, -0.15) is 0 Å². The summed E-state index contributed by atoms with van der Waals surface area (Å²) in [5, 5.41) is 9.97. The van der Waals surface area contributed by atoms with Crippen LogP contribution in [0, 0.1) is 0 Å². The fraction of sp³-hybridized carbons (Fsp3) is 0.429. The number of aromatic hydroxyl groups is 1. The summed E-state index contributed by atoms with van der Waals surface area (Å²) in [5.41, 5.74) is 4.94. The van der Waals surface area contributed by atoms with Gasteiger partial charge >= 0.3 is 0 Å². The van der Waals surface area contributed by atoms with E-state index < -0.39 is 0 Å². The molecule has 0 bridgehead atoms. The summed E-state index contributed by atoms with van der Waals surface area (Å²) >= 11 is 0. The first-order chi connectivity index (χ1) is 15.2. The van der Waals surface area contributed by atoms with Gasteiger partial charge in [-0.05, 0) is 85.8 Å². The van der Waals surface area contributed by atoms with Gasteiger partial charge in [-0.25, -0.2) is 0 Å². The van der Waals surface area contributed by atoms with Crippen LogP contribution >= 0.6 is 0 Å². The minimum atomic E-state index is 0.293. The SMILES string of the molecule is CC1=C(c2cccc(O)c2)C(c2ccc(OCCN3CCCCCCC3)cc2)CC=C1. The van der Waals surface area contributed by atoms with Gasteiger partial charge in [0, 0.05) is 12.5 Å². The summed E-state index contributed by atoms with van der Waals surface area (Å²) < 4.78 is 6.07. The molecular weight excluding hydrogens is 382 g/mol. The van der Waals surface area contributed by atoms with E-state index >= 15 is 0 Å². The molecule has 1 saturated heterocycles. The Balaban J connectivity index is 1.39. The van der Waals surface area contributed by atoms with Crippen LogP contribution in [0.25, 0.3) is 5.57 Å². The summed E-state index contributed by atoms with van der Waals surface area (Å²) in [7, 11) is 0. The first-order valence-corrected chi connectivity index (χ1v) is 11.8. The van der Waals surface area contributed by atoms with Crippen molar-refractivity contribution in [3.8, 4) is 11.5 Å². The molecule has 2 aromatic rings. The van der Waals surface area contributed by atoms with Gasteiger partial charge in [-0.3, -0.25) is 4.90 Å². The second kappa shape index (κ2) is 10.7. The maximum absolute atomic E-state index is 9.97. The van der Waals surface area contributed by atoms with Gasteiger partial charge in [0.2, 0.25) is 0 Å². The van der Waals surface area contributed by atoms with Crippen LogP contribution in [0.3, 0.4) is 0 Å². The fourth-order valence-electron chi connectivity index (χ4n) is 4.89. The van der Waals surface area contributed by atoms with E-state index in [1.165, 1.54) is 61.9 Å². The quantitative estimate of drug-likeness (QED) is 0.578. The van der Waals surface area contributed by atoms with Gasteiger partial charge in [-0.15, -0.1) is 0 Å². The van der Waals surface area contributed by atoms with Crippen LogP contribution in [0.1, 0.15) is 62.5 Å². The highest BCUT2D eigenvalue weighted by molar-refractivity contribution is 5.77. The molecule has 1 unspecified atom stereocenters. The normalized spacial score (nSPS) is 20.4. The van der Waals surface area contributed by atoms with E-state index in [0.29, 0.717) is 11.7 Å². The molecule has 0 spiro atoms. The molecule has 31 heavy (non-hydrogen) atoms. The number of likely N-dealkylation sites (tertiary alicyclic amines) is 1. The smallest absolute Gasteiger partial charge is 0.119 e. The van der Waals surface area contributed by atoms with E-state index in [1.54, 1.807) is 6.07 Å². The van der Waals surface area contributed by atoms with Crippen LogP contribution in [0.4, 0.5) is 0 Å². The van der Waals surface area contributed by atoms with Crippen molar-refractivity contribution >= 4 is 5.57 Å². The first-order valence-electron chi connectivity index (χ1n) is 11.8. The second-order valence-electron chi connectivity index (χ2n) is 8.86. The van der Waals surface area contributed by atoms with Crippen molar-refractivity contribution in [2.75, 3.05) is 26.2 Å². The van der Waals surface area contributed by atoms with Gasteiger partial charge in [0.05, 0.1) is 0 Å². The maximum atomic E-state index is 9.97. The highest BCUT2D eigenvalue weighted by Gasteiger charge is 2.22. The Morgan fingerprint density at radius 3 is 2.45 bits per heavy atom. The molecule has 0 aromatic heterocycles. The van der Waals surface area contributed by atoms with Crippen molar-refractivity contribution in [2.45, 2.75) is 51.4 Å². The number of benzene rings is 2. The van der Waals surface area contributed by atoms with Crippen molar-refractivity contribution in [1.82, 2.24) is 4.90 Å². The molecule has 1 heterocycles. The number of rotatable bonds is 6. The molecule has 1 N–H and O–H groups in total. The number of phenolic OH excluding ortho intramolecular Hbond substituents is 1. The Morgan fingerprint density at radius 1 is 0.968 bits per heavy atom. The molecule has 164 valence electrons.